The first kappa shape index (κ1) is 18.6. The van der Waals surface area contributed by atoms with Crippen molar-refractivity contribution in [3.8, 4) is 0 Å². The topological polar surface area (TPSA) is 62.0 Å². The number of para-hydroxylation sites is 1. The van der Waals surface area contributed by atoms with E-state index in [1.54, 1.807) is 12.1 Å². The first-order valence-electron chi connectivity index (χ1n) is 9.74. The van der Waals surface area contributed by atoms with Crippen LogP contribution in [0.15, 0.2) is 108 Å². The Kier molecular flexibility index (Phi) is 4.62. The van der Waals surface area contributed by atoms with Gasteiger partial charge in [0.05, 0.1) is 10.9 Å². The maximum Gasteiger partial charge on any atom is 0.241 e. The summed E-state index contributed by atoms with van der Waals surface area (Å²) in [5.41, 5.74) is 2.74. The fraction of sp³-hybridized carbons (Fsp3) is 0.0400. The van der Waals surface area contributed by atoms with Gasteiger partial charge >= 0.3 is 0 Å². The molecule has 4 nitrogen and oxygen atoms in total. The highest BCUT2D eigenvalue weighted by Crippen LogP contribution is 2.31. The summed E-state index contributed by atoms with van der Waals surface area (Å²) in [5.74, 6) is 0. The normalized spacial score (nSPS) is 12.9. The average Bonchev–Trinajstić information content (AvgIpc) is 3.22. The van der Waals surface area contributed by atoms with Gasteiger partial charge in [0.2, 0.25) is 10.0 Å². The van der Waals surface area contributed by atoms with Crippen molar-refractivity contribution in [2.75, 3.05) is 0 Å². The van der Waals surface area contributed by atoms with E-state index >= 15 is 0 Å². The van der Waals surface area contributed by atoms with Gasteiger partial charge in [-0.1, -0.05) is 78.9 Å². The molecule has 148 valence electrons. The SMILES string of the molecule is O=S(=O)(N[C@H](c1ccccc1)c1c[nH]c2ccccc12)c1ccc2ccccc2c1. The van der Waals surface area contributed by atoms with E-state index in [-0.39, 0.29) is 4.90 Å². The van der Waals surface area contributed by atoms with Gasteiger partial charge in [0.25, 0.3) is 0 Å². The molecule has 5 heteroatoms. The van der Waals surface area contributed by atoms with Crippen molar-refractivity contribution in [2.24, 2.45) is 0 Å². The van der Waals surface area contributed by atoms with Crippen LogP contribution in [0.5, 0.6) is 0 Å². The summed E-state index contributed by atoms with van der Waals surface area (Å²) in [5, 5.41) is 2.89. The molecule has 0 amide bonds. The van der Waals surface area contributed by atoms with Crippen LogP contribution in [0, 0.1) is 0 Å². The molecule has 5 aromatic rings. The molecule has 1 atom stereocenters. The van der Waals surface area contributed by atoms with Crippen molar-refractivity contribution in [2.45, 2.75) is 10.9 Å². The molecule has 1 heterocycles. The average molecular weight is 413 g/mol. The Labute approximate surface area is 175 Å². The molecule has 30 heavy (non-hydrogen) atoms. The molecule has 1 aromatic heterocycles. The monoisotopic (exact) mass is 412 g/mol. The van der Waals surface area contributed by atoms with E-state index < -0.39 is 16.1 Å². The molecule has 0 saturated carbocycles. The summed E-state index contributed by atoms with van der Waals surface area (Å²) in [7, 11) is -3.76. The Bertz CT molecular complexity index is 1440. The Morgan fingerprint density at radius 1 is 0.733 bits per heavy atom. The second kappa shape index (κ2) is 7.44. The number of hydrogen-bond acceptors (Lipinski definition) is 2. The van der Waals surface area contributed by atoms with Crippen LogP contribution in [0.2, 0.25) is 0 Å². The lowest BCUT2D eigenvalue weighted by molar-refractivity contribution is 0.573. The maximum absolute atomic E-state index is 13.4. The minimum atomic E-state index is -3.76. The first-order chi connectivity index (χ1) is 14.6. The molecular weight excluding hydrogens is 392 g/mol. The summed E-state index contributed by atoms with van der Waals surface area (Å²) in [4.78, 5) is 3.51. The van der Waals surface area contributed by atoms with E-state index in [1.165, 1.54) is 0 Å². The molecule has 0 bridgehead atoms. The van der Waals surface area contributed by atoms with Crippen LogP contribution >= 0.6 is 0 Å². The quantitative estimate of drug-likeness (QED) is 0.407. The van der Waals surface area contributed by atoms with Crippen molar-refractivity contribution in [1.29, 1.82) is 0 Å². The molecule has 5 rings (SSSR count). The Balaban J connectivity index is 1.61. The van der Waals surface area contributed by atoms with Gasteiger partial charge in [0, 0.05) is 17.1 Å². The third kappa shape index (κ3) is 3.38. The molecule has 4 aromatic carbocycles. The number of hydrogen-bond donors (Lipinski definition) is 2. The highest BCUT2D eigenvalue weighted by atomic mass is 32.2. The van der Waals surface area contributed by atoms with Crippen molar-refractivity contribution in [3.63, 3.8) is 0 Å². The summed E-state index contributed by atoms with van der Waals surface area (Å²) in [6.07, 6.45) is 1.88. The molecule has 0 fully saturated rings. The zero-order valence-electron chi connectivity index (χ0n) is 16.1. The first-order valence-corrected chi connectivity index (χ1v) is 11.2. The standard InChI is InChI=1S/C25H20N2O2S/c28-30(29,21-15-14-18-8-4-5-11-20(18)16-21)27-25(19-9-2-1-3-10-19)23-17-26-24-13-7-6-12-22(23)24/h1-17,25-27H/t25-/m1/s1. The van der Waals surface area contributed by atoms with Gasteiger partial charge in [-0.3, -0.25) is 0 Å². The van der Waals surface area contributed by atoms with Gasteiger partial charge in [-0.25, -0.2) is 8.42 Å². The minimum Gasteiger partial charge on any atom is -0.361 e. The smallest absolute Gasteiger partial charge is 0.241 e. The number of benzene rings is 4. The molecule has 0 unspecified atom stereocenters. The molecule has 0 aliphatic rings. The number of aromatic amines is 1. The van der Waals surface area contributed by atoms with Crippen molar-refractivity contribution >= 4 is 31.7 Å². The van der Waals surface area contributed by atoms with Crippen LogP contribution in [0.4, 0.5) is 0 Å². The van der Waals surface area contributed by atoms with E-state index in [2.05, 4.69) is 9.71 Å². The zero-order valence-corrected chi connectivity index (χ0v) is 16.9. The van der Waals surface area contributed by atoms with Crippen molar-refractivity contribution < 1.29 is 8.42 Å². The fourth-order valence-corrected chi connectivity index (χ4v) is 5.09. The minimum absolute atomic E-state index is 0.252. The van der Waals surface area contributed by atoms with Crippen LogP contribution in [-0.4, -0.2) is 13.4 Å². The third-order valence-electron chi connectivity index (χ3n) is 5.37. The number of sulfonamides is 1. The second-order valence-electron chi connectivity index (χ2n) is 7.26. The van der Waals surface area contributed by atoms with Crippen LogP contribution in [0.1, 0.15) is 17.2 Å². The molecule has 0 aliphatic carbocycles. The van der Waals surface area contributed by atoms with Crippen LogP contribution < -0.4 is 4.72 Å². The van der Waals surface area contributed by atoms with Crippen LogP contribution in [0.25, 0.3) is 21.7 Å². The predicted molar refractivity (Wildman–Crippen MR) is 121 cm³/mol. The molecular formula is C25H20N2O2S. The number of fused-ring (bicyclic) bond motifs is 2. The maximum atomic E-state index is 13.4. The van der Waals surface area contributed by atoms with E-state index in [4.69, 9.17) is 0 Å². The molecule has 0 radical (unpaired) electrons. The van der Waals surface area contributed by atoms with Gasteiger partial charge in [-0.2, -0.15) is 4.72 Å². The summed E-state index contributed by atoms with van der Waals surface area (Å²) >= 11 is 0. The lowest BCUT2D eigenvalue weighted by Crippen LogP contribution is -2.29. The summed E-state index contributed by atoms with van der Waals surface area (Å²) in [6.45, 7) is 0. The zero-order chi connectivity index (χ0) is 20.6. The Morgan fingerprint density at radius 3 is 2.27 bits per heavy atom. The van der Waals surface area contributed by atoms with Gasteiger partial charge in [-0.15, -0.1) is 0 Å². The van der Waals surface area contributed by atoms with E-state index in [9.17, 15) is 8.42 Å². The van der Waals surface area contributed by atoms with Crippen molar-refractivity contribution in [1.82, 2.24) is 9.71 Å². The highest BCUT2D eigenvalue weighted by Gasteiger charge is 2.25. The van der Waals surface area contributed by atoms with E-state index in [0.717, 1.165) is 32.8 Å². The molecule has 0 aliphatic heterocycles. The largest absolute Gasteiger partial charge is 0.361 e. The van der Waals surface area contributed by atoms with E-state index in [1.807, 2.05) is 91.1 Å². The number of rotatable bonds is 5. The lowest BCUT2D eigenvalue weighted by atomic mass is 9.99. The van der Waals surface area contributed by atoms with Crippen LogP contribution in [-0.2, 0) is 10.0 Å². The fourth-order valence-electron chi connectivity index (χ4n) is 3.85. The summed E-state index contributed by atoms with van der Waals surface area (Å²) in [6, 6.07) is 30.0. The number of H-pyrrole nitrogens is 1. The molecule has 0 spiro atoms. The van der Waals surface area contributed by atoms with Crippen LogP contribution in [0.3, 0.4) is 0 Å². The third-order valence-corrected chi connectivity index (χ3v) is 6.79. The lowest BCUT2D eigenvalue weighted by Gasteiger charge is -2.19. The van der Waals surface area contributed by atoms with Gasteiger partial charge in [0.15, 0.2) is 0 Å². The Hall–Kier alpha value is -3.41. The molecule has 2 N–H and O–H groups in total. The predicted octanol–water partition coefficient (Wildman–Crippen LogP) is 5.39. The highest BCUT2D eigenvalue weighted by molar-refractivity contribution is 7.89. The molecule has 0 saturated heterocycles. The van der Waals surface area contributed by atoms with Gasteiger partial charge < -0.3 is 4.98 Å². The number of nitrogens with one attached hydrogen (secondary N) is 2. The van der Waals surface area contributed by atoms with Gasteiger partial charge in [0.1, 0.15) is 0 Å². The number of aromatic nitrogens is 1. The van der Waals surface area contributed by atoms with Crippen molar-refractivity contribution in [3.05, 3.63) is 114 Å². The van der Waals surface area contributed by atoms with E-state index in [0.29, 0.717) is 0 Å². The Morgan fingerprint density at radius 2 is 1.43 bits per heavy atom. The summed E-state index contributed by atoms with van der Waals surface area (Å²) < 4.78 is 29.7. The second-order valence-corrected chi connectivity index (χ2v) is 8.98. The van der Waals surface area contributed by atoms with Gasteiger partial charge in [-0.05, 0) is 40.1 Å².